The highest BCUT2D eigenvalue weighted by atomic mass is 35.5. The number of benzene rings is 2. The molecule has 0 unspecified atom stereocenters. The van der Waals surface area contributed by atoms with Crippen LogP contribution in [0.4, 0.5) is 10.1 Å². The van der Waals surface area contributed by atoms with E-state index < -0.39 is 32.9 Å². The number of hydrogen-bond acceptors (Lipinski definition) is 4. The standard InChI is InChI=1S/C15H10ClFN2O4/c16-14-11(6-10(19(22)23)7-12(14)17)15(21)18-8-13(20)9-4-2-1-3-5-9/h1-7H,8H2,(H,18,21). The molecule has 0 aromatic heterocycles. The highest BCUT2D eigenvalue weighted by Gasteiger charge is 2.20. The minimum atomic E-state index is -1.08. The number of rotatable bonds is 5. The number of Topliss-reactive ketones (excluding diaryl/α,β-unsaturated/α-hetero) is 1. The van der Waals surface area contributed by atoms with Crippen LogP contribution in [0.15, 0.2) is 42.5 Å². The van der Waals surface area contributed by atoms with Crippen LogP contribution in [0.25, 0.3) is 0 Å². The maximum Gasteiger partial charge on any atom is 0.273 e. The van der Waals surface area contributed by atoms with Gasteiger partial charge in [-0.15, -0.1) is 0 Å². The summed E-state index contributed by atoms with van der Waals surface area (Å²) in [6.07, 6.45) is 0. The average Bonchev–Trinajstić information content (AvgIpc) is 2.55. The van der Waals surface area contributed by atoms with Gasteiger partial charge in [0.05, 0.1) is 28.1 Å². The smallest absolute Gasteiger partial charge is 0.273 e. The van der Waals surface area contributed by atoms with Gasteiger partial charge in [0.15, 0.2) is 5.78 Å². The zero-order chi connectivity index (χ0) is 17.0. The van der Waals surface area contributed by atoms with Gasteiger partial charge in [-0.1, -0.05) is 41.9 Å². The van der Waals surface area contributed by atoms with Crippen LogP contribution in [0.1, 0.15) is 20.7 Å². The van der Waals surface area contributed by atoms with Crippen LogP contribution in [-0.2, 0) is 0 Å². The summed E-state index contributed by atoms with van der Waals surface area (Å²) < 4.78 is 13.5. The van der Waals surface area contributed by atoms with Gasteiger partial charge in [0.1, 0.15) is 5.82 Å². The lowest BCUT2D eigenvalue weighted by atomic mass is 10.1. The van der Waals surface area contributed by atoms with E-state index >= 15 is 0 Å². The molecule has 8 heteroatoms. The fraction of sp³-hybridized carbons (Fsp3) is 0.0667. The largest absolute Gasteiger partial charge is 0.345 e. The van der Waals surface area contributed by atoms with E-state index in [2.05, 4.69) is 5.32 Å². The number of halogens is 2. The topological polar surface area (TPSA) is 89.3 Å². The van der Waals surface area contributed by atoms with Crippen LogP contribution in [0, 0.1) is 15.9 Å². The highest BCUT2D eigenvalue weighted by Crippen LogP contribution is 2.25. The molecule has 0 aliphatic rings. The first-order valence-electron chi connectivity index (χ1n) is 6.40. The van der Waals surface area contributed by atoms with Crippen molar-refractivity contribution in [1.82, 2.24) is 5.32 Å². The number of carbonyl (C=O) groups is 2. The lowest BCUT2D eigenvalue weighted by Gasteiger charge is -2.07. The molecular formula is C15H10ClFN2O4. The Balaban J connectivity index is 2.15. The summed E-state index contributed by atoms with van der Waals surface area (Å²) in [5, 5.41) is 12.4. The zero-order valence-electron chi connectivity index (χ0n) is 11.6. The number of nitrogens with zero attached hydrogens (tertiary/aromatic N) is 1. The quantitative estimate of drug-likeness (QED) is 0.516. The van der Waals surface area contributed by atoms with Gasteiger partial charge < -0.3 is 5.32 Å². The van der Waals surface area contributed by atoms with Crippen molar-refractivity contribution in [1.29, 1.82) is 0 Å². The van der Waals surface area contributed by atoms with Crippen molar-refractivity contribution in [2.75, 3.05) is 6.54 Å². The summed E-state index contributed by atoms with van der Waals surface area (Å²) in [6, 6.07) is 9.70. The summed E-state index contributed by atoms with van der Waals surface area (Å²) in [4.78, 5) is 33.7. The summed E-state index contributed by atoms with van der Waals surface area (Å²) in [5.74, 6) is -2.32. The van der Waals surface area contributed by atoms with Crippen LogP contribution < -0.4 is 5.32 Å². The normalized spacial score (nSPS) is 10.2. The van der Waals surface area contributed by atoms with Gasteiger partial charge in [-0.3, -0.25) is 19.7 Å². The van der Waals surface area contributed by atoms with E-state index in [1.54, 1.807) is 30.3 Å². The van der Waals surface area contributed by atoms with Crippen molar-refractivity contribution in [2.24, 2.45) is 0 Å². The van der Waals surface area contributed by atoms with Crippen LogP contribution in [-0.4, -0.2) is 23.2 Å². The van der Waals surface area contributed by atoms with Crippen molar-refractivity contribution in [3.63, 3.8) is 0 Å². The number of non-ortho nitro benzene ring substituents is 1. The van der Waals surface area contributed by atoms with E-state index in [0.29, 0.717) is 11.6 Å². The SMILES string of the molecule is O=C(CNC(=O)c1cc([N+](=O)[O-])cc(F)c1Cl)c1ccccc1. The highest BCUT2D eigenvalue weighted by molar-refractivity contribution is 6.34. The first kappa shape index (κ1) is 16.6. The van der Waals surface area contributed by atoms with Gasteiger partial charge in [-0.25, -0.2) is 4.39 Å². The molecule has 0 saturated carbocycles. The number of hydrogen-bond donors (Lipinski definition) is 1. The van der Waals surface area contributed by atoms with E-state index in [4.69, 9.17) is 11.6 Å². The molecule has 0 heterocycles. The molecule has 1 N–H and O–H groups in total. The van der Waals surface area contributed by atoms with Gasteiger partial charge in [0.2, 0.25) is 0 Å². The molecule has 0 spiro atoms. The molecule has 1 amide bonds. The first-order chi connectivity index (χ1) is 10.9. The van der Waals surface area contributed by atoms with Crippen molar-refractivity contribution in [3.8, 4) is 0 Å². The van der Waals surface area contributed by atoms with Crippen LogP contribution in [0.3, 0.4) is 0 Å². The maximum absolute atomic E-state index is 13.5. The summed E-state index contributed by atoms with van der Waals surface area (Å²) in [7, 11) is 0. The van der Waals surface area contributed by atoms with Crippen molar-refractivity contribution < 1.29 is 18.9 Å². The fourth-order valence-corrected chi connectivity index (χ4v) is 2.02. The third-order valence-corrected chi connectivity index (χ3v) is 3.36. The maximum atomic E-state index is 13.5. The second-order valence-electron chi connectivity index (χ2n) is 4.52. The molecular weight excluding hydrogens is 327 g/mol. The van der Waals surface area contributed by atoms with E-state index in [1.807, 2.05) is 0 Å². The Bertz CT molecular complexity index is 781. The van der Waals surface area contributed by atoms with Crippen LogP contribution >= 0.6 is 11.6 Å². The van der Waals surface area contributed by atoms with E-state index in [-0.39, 0.29) is 12.3 Å². The molecule has 0 aliphatic carbocycles. The number of amides is 1. The van der Waals surface area contributed by atoms with E-state index in [1.165, 1.54) is 0 Å². The molecule has 2 rings (SSSR count). The molecule has 2 aromatic carbocycles. The van der Waals surface area contributed by atoms with E-state index in [9.17, 15) is 24.1 Å². The summed E-state index contributed by atoms with van der Waals surface area (Å²) in [5.41, 5.74) is -0.616. The molecule has 6 nitrogen and oxygen atoms in total. The fourth-order valence-electron chi connectivity index (χ4n) is 1.83. The van der Waals surface area contributed by atoms with Gasteiger partial charge >= 0.3 is 0 Å². The predicted molar refractivity (Wildman–Crippen MR) is 81.2 cm³/mol. The Hall–Kier alpha value is -2.80. The van der Waals surface area contributed by atoms with Crippen molar-refractivity contribution >= 4 is 29.0 Å². The van der Waals surface area contributed by atoms with E-state index in [0.717, 1.165) is 6.07 Å². The molecule has 0 atom stereocenters. The monoisotopic (exact) mass is 336 g/mol. The van der Waals surface area contributed by atoms with Gasteiger partial charge in [-0.2, -0.15) is 0 Å². The molecule has 2 aromatic rings. The summed E-state index contributed by atoms with van der Waals surface area (Å²) >= 11 is 5.65. The zero-order valence-corrected chi connectivity index (χ0v) is 12.3. The molecule has 0 fully saturated rings. The number of nitro groups is 1. The van der Waals surface area contributed by atoms with Crippen molar-refractivity contribution in [2.45, 2.75) is 0 Å². The van der Waals surface area contributed by atoms with Crippen molar-refractivity contribution in [3.05, 3.63) is 74.5 Å². The lowest BCUT2D eigenvalue weighted by Crippen LogP contribution is -2.30. The molecule has 118 valence electrons. The third-order valence-electron chi connectivity index (χ3n) is 2.97. The second-order valence-corrected chi connectivity index (χ2v) is 4.90. The minimum absolute atomic E-state index is 0.344. The Morgan fingerprint density at radius 1 is 1.22 bits per heavy atom. The third kappa shape index (κ3) is 3.89. The Labute approximate surface area is 135 Å². The summed E-state index contributed by atoms with van der Waals surface area (Å²) in [6.45, 7) is -0.344. The molecule has 0 aliphatic heterocycles. The number of nitrogens with one attached hydrogen (secondary N) is 1. The van der Waals surface area contributed by atoms with Gasteiger partial charge in [-0.05, 0) is 0 Å². The number of nitro benzene ring substituents is 1. The second kappa shape index (κ2) is 6.97. The molecule has 23 heavy (non-hydrogen) atoms. The Morgan fingerprint density at radius 3 is 2.48 bits per heavy atom. The average molecular weight is 337 g/mol. The first-order valence-corrected chi connectivity index (χ1v) is 6.78. The number of carbonyl (C=O) groups excluding carboxylic acids is 2. The molecule has 0 saturated heterocycles. The Morgan fingerprint density at radius 2 is 1.87 bits per heavy atom. The minimum Gasteiger partial charge on any atom is -0.345 e. The van der Waals surface area contributed by atoms with Crippen LogP contribution in [0.5, 0.6) is 0 Å². The Kier molecular flexibility index (Phi) is 5.02. The predicted octanol–water partition coefficient (Wildman–Crippen LogP) is 3.00. The van der Waals surface area contributed by atoms with Gasteiger partial charge in [0, 0.05) is 11.6 Å². The van der Waals surface area contributed by atoms with Gasteiger partial charge in [0.25, 0.3) is 11.6 Å². The number of ketones is 1. The molecule has 0 bridgehead atoms. The molecule has 0 radical (unpaired) electrons. The van der Waals surface area contributed by atoms with Crippen LogP contribution in [0.2, 0.25) is 5.02 Å². The lowest BCUT2D eigenvalue weighted by molar-refractivity contribution is -0.385.